The Morgan fingerprint density at radius 1 is 1.06 bits per heavy atom. The summed E-state index contributed by atoms with van der Waals surface area (Å²) >= 11 is 0. The fraction of sp³-hybridized carbons (Fsp3) is 0.361. The fourth-order valence-corrected chi connectivity index (χ4v) is 8.17. The molecule has 0 bridgehead atoms. The Morgan fingerprint density at radius 3 is 2.54 bits per heavy atom. The van der Waals surface area contributed by atoms with Gasteiger partial charge in [0.1, 0.15) is 28.6 Å². The van der Waals surface area contributed by atoms with Crippen molar-refractivity contribution in [3.63, 3.8) is 0 Å². The van der Waals surface area contributed by atoms with Crippen molar-refractivity contribution in [2.24, 2.45) is 0 Å². The first-order chi connectivity index (χ1) is 22.9. The van der Waals surface area contributed by atoms with Crippen molar-refractivity contribution in [2.45, 2.75) is 83.5 Å². The van der Waals surface area contributed by atoms with Crippen LogP contribution in [0.2, 0.25) is 0 Å². The summed E-state index contributed by atoms with van der Waals surface area (Å²) in [4.78, 5) is 21.7. The summed E-state index contributed by atoms with van der Waals surface area (Å²) in [6.45, 7) is 13.1. The molecule has 0 spiro atoms. The van der Waals surface area contributed by atoms with Crippen LogP contribution in [0.4, 0.5) is 0 Å². The standard InChI is InChI=1S/C36H41N7O4S/c1-7-28-21-42(48(45,46)32-12-10-9-11-31(32)47-28)20-26-17-25(14-13-23(26)3)33(36(5,6)39-35(44)27-18-37-22-38-19-27)29-15-16-30-34(24(29)4)40-41-43(30)8-2/h9-19,22,28,33H,7-8,20-21H2,1-6H3,(H,39,44)/t28-,33?/m1/s1. The largest absolute Gasteiger partial charge is 0.488 e. The minimum atomic E-state index is -3.85. The number of nitrogens with zero attached hydrogens (tertiary/aromatic N) is 6. The second kappa shape index (κ2) is 13.1. The molecular weight excluding hydrogens is 627 g/mol. The predicted molar refractivity (Wildman–Crippen MR) is 183 cm³/mol. The summed E-state index contributed by atoms with van der Waals surface area (Å²) in [5.41, 5.74) is 5.94. The van der Waals surface area contributed by atoms with Crippen LogP contribution < -0.4 is 10.1 Å². The molecule has 48 heavy (non-hydrogen) atoms. The minimum Gasteiger partial charge on any atom is -0.488 e. The first-order valence-electron chi connectivity index (χ1n) is 16.2. The lowest BCUT2D eigenvalue weighted by Gasteiger charge is -2.37. The maximum Gasteiger partial charge on any atom is 0.254 e. The number of para-hydroxylation sites is 1. The predicted octanol–water partition coefficient (Wildman–Crippen LogP) is 5.56. The molecule has 0 fully saturated rings. The van der Waals surface area contributed by atoms with E-state index in [0.29, 0.717) is 24.3 Å². The molecule has 1 aliphatic heterocycles. The van der Waals surface area contributed by atoms with Gasteiger partial charge >= 0.3 is 0 Å². The van der Waals surface area contributed by atoms with E-state index in [1.165, 1.54) is 23.0 Å². The van der Waals surface area contributed by atoms with E-state index in [1.54, 1.807) is 24.3 Å². The first kappa shape index (κ1) is 33.2. The zero-order valence-electron chi connectivity index (χ0n) is 28.1. The number of hydrogen-bond donors (Lipinski definition) is 1. The number of aromatic nitrogens is 5. The third-order valence-corrected chi connectivity index (χ3v) is 11.1. The highest BCUT2D eigenvalue weighted by Crippen LogP contribution is 2.40. The van der Waals surface area contributed by atoms with Crippen molar-refractivity contribution in [1.29, 1.82) is 0 Å². The van der Waals surface area contributed by atoms with Gasteiger partial charge in [0.05, 0.1) is 17.6 Å². The van der Waals surface area contributed by atoms with Gasteiger partial charge in [-0.3, -0.25) is 4.79 Å². The maximum atomic E-state index is 14.0. The van der Waals surface area contributed by atoms with Gasteiger partial charge in [0.15, 0.2) is 0 Å². The summed E-state index contributed by atoms with van der Waals surface area (Å²) < 4.78 is 37.6. The third-order valence-electron chi connectivity index (χ3n) is 9.25. The Hall–Kier alpha value is -4.68. The van der Waals surface area contributed by atoms with Gasteiger partial charge < -0.3 is 10.1 Å². The molecule has 12 heteroatoms. The van der Waals surface area contributed by atoms with Crippen LogP contribution in [0.5, 0.6) is 5.75 Å². The van der Waals surface area contributed by atoms with E-state index in [4.69, 9.17) is 4.74 Å². The van der Waals surface area contributed by atoms with Gasteiger partial charge in [0, 0.05) is 36.9 Å². The molecule has 5 aromatic rings. The number of carbonyl (C=O) groups is 1. The smallest absolute Gasteiger partial charge is 0.254 e. The number of sulfonamides is 1. The average molecular weight is 668 g/mol. The summed E-state index contributed by atoms with van der Waals surface area (Å²) in [6.07, 6.45) is 4.74. The molecule has 0 saturated carbocycles. The van der Waals surface area contributed by atoms with E-state index in [2.05, 4.69) is 43.8 Å². The molecule has 11 nitrogen and oxygen atoms in total. The van der Waals surface area contributed by atoms with Crippen LogP contribution in [0.1, 0.15) is 78.2 Å². The number of hydrogen-bond acceptors (Lipinski definition) is 8. The number of aryl methyl sites for hydroxylation is 3. The molecule has 2 atom stereocenters. The van der Waals surface area contributed by atoms with Crippen molar-refractivity contribution < 1.29 is 17.9 Å². The quantitative estimate of drug-likeness (QED) is 0.216. The molecule has 3 heterocycles. The Bertz CT molecular complexity index is 2080. The summed E-state index contributed by atoms with van der Waals surface area (Å²) in [6, 6.07) is 17.1. The molecular formula is C36H41N7O4S. The van der Waals surface area contributed by atoms with Gasteiger partial charge in [-0.05, 0) is 87.1 Å². The van der Waals surface area contributed by atoms with Gasteiger partial charge in [-0.1, -0.05) is 48.5 Å². The van der Waals surface area contributed by atoms with Crippen LogP contribution in [-0.4, -0.2) is 61.8 Å². The third kappa shape index (κ3) is 6.17. The van der Waals surface area contributed by atoms with Crippen LogP contribution in [0.25, 0.3) is 11.0 Å². The summed E-state index contributed by atoms with van der Waals surface area (Å²) in [7, 11) is -3.85. The number of ether oxygens (including phenoxy) is 1. The van der Waals surface area contributed by atoms with Crippen molar-refractivity contribution in [3.8, 4) is 5.75 Å². The number of benzene rings is 3. The minimum absolute atomic E-state index is 0.167. The summed E-state index contributed by atoms with van der Waals surface area (Å²) in [5, 5.41) is 12.1. The van der Waals surface area contributed by atoms with E-state index in [1.807, 2.05) is 58.4 Å². The monoisotopic (exact) mass is 667 g/mol. The van der Waals surface area contributed by atoms with Crippen molar-refractivity contribution in [3.05, 3.63) is 107 Å². The van der Waals surface area contributed by atoms with E-state index in [0.717, 1.165) is 38.9 Å². The highest BCUT2D eigenvalue weighted by molar-refractivity contribution is 7.89. The van der Waals surface area contributed by atoms with Gasteiger partial charge in [-0.15, -0.1) is 5.10 Å². The molecule has 0 aliphatic carbocycles. The number of amides is 1. The Balaban J connectivity index is 1.45. The van der Waals surface area contributed by atoms with Crippen LogP contribution in [0.15, 0.2) is 78.2 Å². The molecule has 250 valence electrons. The van der Waals surface area contributed by atoms with Crippen LogP contribution in [0.3, 0.4) is 0 Å². The lowest BCUT2D eigenvalue weighted by molar-refractivity contribution is 0.0905. The van der Waals surface area contributed by atoms with E-state index in [-0.39, 0.29) is 35.9 Å². The van der Waals surface area contributed by atoms with Gasteiger partial charge in [0.25, 0.3) is 5.91 Å². The normalized spacial score (nSPS) is 16.9. The number of carbonyl (C=O) groups excluding carboxylic acids is 1. The average Bonchev–Trinajstić information content (AvgIpc) is 3.46. The Kier molecular flexibility index (Phi) is 9.06. The molecule has 1 amide bonds. The van der Waals surface area contributed by atoms with Gasteiger partial charge in [-0.2, -0.15) is 4.31 Å². The molecule has 3 aromatic carbocycles. The molecule has 1 aliphatic rings. The summed E-state index contributed by atoms with van der Waals surface area (Å²) in [5.74, 6) is -0.270. The highest BCUT2D eigenvalue weighted by atomic mass is 32.2. The molecule has 6 rings (SSSR count). The Labute approximate surface area is 281 Å². The maximum absolute atomic E-state index is 14.0. The highest BCUT2D eigenvalue weighted by Gasteiger charge is 2.37. The molecule has 0 saturated heterocycles. The van der Waals surface area contributed by atoms with Crippen molar-refractivity contribution in [1.82, 2.24) is 34.6 Å². The first-order valence-corrected chi connectivity index (χ1v) is 17.6. The van der Waals surface area contributed by atoms with Crippen LogP contribution in [-0.2, 0) is 23.1 Å². The van der Waals surface area contributed by atoms with E-state index in [9.17, 15) is 13.2 Å². The Morgan fingerprint density at radius 2 is 1.81 bits per heavy atom. The number of rotatable bonds is 9. The molecule has 2 aromatic heterocycles. The zero-order valence-corrected chi connectivity index (χ0v) is 29.0. The molecule has 1 unspecified atom stereocenters. The topological polar surface area (TPSA) is 132 Å². The van der Waals surface area contributed by atoms with Crippen LogP contribution in [0, 0.1) is 13.8 Å². The fourth-order valence-electron chi connectivity index (χ4n) is 6.60. The van der Waals surface area contributed by atoms with Gasteiger partial charge in [-0.25, -0.2) is 23.1 Å². The number of nitrogens with one attached hydrogen (secondary N) is 1. The molecule has 1 N–H and O–H groups in total. The van der Waals surface area contributed by atoms with E-state index < -0.39 is 15.6 Å². The lowest BCUT2D eigenvalue weighted by atomic mass is 9.74. The lowest BCUT2D eigenvalue weighted by Crippen LogP contribution is -2.48. The second-order valence-corrected chi connectivity index (χ2v) is 14.8. The SMILES string of the molecule is CC[C@@H]1CN(Cc2cc(C(c3ccc4c(nnn4CC)c3C)C(C)(C)NC(=O)c3cncnc3)ccc2C)S(=O)(=O)c2ccccc2O1. The van der Waals surface area contributed by atoms with Crippen molar-refractivity contribution >= 4 is 27.0 Å². The van der Waals surface area contributed by atoms with E-state index >= 15 is 0 Å². The van der Waals surface area contributed by atoms with Gasteiger partial charge in [0.2, 0.25) is 10.0 Å². The zero-order chi connectivity index (χ0) is 34.2. The van der Waals surface area contributed by atoms with Crippen molar-refractivity contribution in [2.75, 3.05) is 6.54 Å². The number of fused-ring (bicyclic) bond motifs is 2. The second-order valence-electron chi connectivity index (χ2n) is 12.9. The van der Waals surface area contributed by atoms with Crippen LogP contribution >= 0.6 is 0 Å². The molecule has 0 radical (unpaired) electrons.